The molecule has 4 nitrogen and oxygen atoms in total. The van der Waals surface area contributed by atoms with Crippen LogP contribution in [0.15, 0.2) is 30.3 Å². The van der Waals surface area contributed by atoms with Crippen molar-refractivity contribution in [2.24, 2.45) is 0 Å². The van der Waals surface area contributed by atoms with E-state index in [1.165, 1.54) is 11.3 Å². The van der Waals surface area contributed by atoms with E-state index in [9.17, 15) is 9.59 Å². The van der Waals surface area contributed by atoms with E-state index in [2.05, 4.69) is 5.32 Å². The Hall–Kier alpha value is -1.85. The summed E-state index contributed by atoms with van der Waals surface area (Å²) in [6, 6.07) is 9.07. The van der Waals surface area contributed by atoms with Crippen LogP contribution in [0.4, 0.5) is 0 Å². The molecule has 2 rings (SSSR count). The molecule has 1 aromatic heterocycles. The van der Waals surface area contributed by atoms with Crippen LogP contribution >= 0.6 is 22.9 Å². The fourth-order valence-electron chi connectivity index (χ4n) is 2.21. The summed E-state index contributed by atoms with van der Waals surface area (Å²) >= 11 is 7.46. The number of thiophene rings is 1. The summed E-state index contributed by atoms with van der Waals surface area (Å²) in [6.45, 7) is 5.85. The van der Waals surface area contributed by atoms with Gasteiger partial charge in [0.15, 0.2) is 6.10 Å². The molecule has 0 unspecified atom stereocenters. The van der Waals surface area contributed by atoms with Gasteiger partial charge < -0.3 is 10.1 Å². The Morgan fingerprint density at radius 2 is 2.04 bits per heavy atom. The molecule has 0 radical (unpaired) electrons. The first-order chi connectivity index (χ1) is 11.4. The Kier molecular flexibility index (Phi) is 6.40. The Morgan fingerprint density at radius 1 is 1.33 bits per heavy atom. The van der Waals surface area contributed by atoms with Gasteiger partial charge in [0, 0.05) is 16.4 Å². The molecule has 1 heterocycles. The van der Waals surface area contributed by atoms with Crippen LogP contribution in [0, 0.1) is 6.92 Å². The van der Waals surface area contributed by atoms with E-state index in [0.717, 1.165) is 22.4 Å². The lowest BCUT2D eigenvalue weighted by Crippen LogP contribution is -2.35. The maximum absolute atomic E-state index is 12.2. The number of ether oxygens (including phenoxy) is 1. The average molecular weight is 366 g/mol. The maximum Gasteiger partial charge on any atom is 0.349 e. The number of carbonyl (C=O) groups excluding carboxylic acids is 2. The average Bonchev–Trinajstić information content (AvgIpc) is 2.94. The number of benzene rings is 1. The lowest BCUT2D eigenvalue weighted by molar-refractivity contribution is -0.129. The van der Waals surface area contributed by atoms with Crippen LogP contribution in [0.5, 0.6) is 0 Å². The number of hydrogen-bond donors (Lipinski definition) is 1. The molecular formula is C18H20ClNO3S. The summed E-state index contributed by atoms with van der Waals surface area (Å²) in [5.41, 5.74) is 1.89. The van der Waals surface area contributed by atoms with Crippen LogP contribution in [-0.2, 0) is 22.5 Å². The van der Waals surface area contributed by atoms with Gasteiger partial charge >= 0.3 is 5.97 Å². The molecule has 0 aliphatic heterocycles. The molecule has 6 heteroatoms. The highest BCUT2D eigenvalue weighted by atomic mass is 35.5. The van der Waals surface area contributed by atoms with E-state index in [4.69, 9.17) is 16.3 Å². The molecule has 1 aromatic carbocycles. The van der Waals surface area contributed by atoms with E-state index in [1.807, 2.05) is 32.0 Å². The number of aryl methyl sites for hydroxylation is 2. The molecule has 128 valence electrons. The third kappa shape index (κ3) is 4.58. The van der Waals surface area contributed by atoms with Gasteiger partial charge in [0.05, 0.1) is 0 Å². The van der Waals surface area contributed by atoms with E-state index >= 15 is 0 Å². The van der Waals surface area contributed by atoms with Crippen LogP contribution in [0.3, 0.4) is 0 Å². The van der Waals surface area contributed by atoms with Gasteiger partial charge in [0.2, 0.25) is 0 Å². The van der Waals surface area contributed by atoms with Crippen molar-refractivity contribution in [3.63, 3.8) is 0 Å². The highest BCUT2D eigenvalue weighted by Gasteiger charge is 2.20. The summed E-state index contributed by atoms with van der Waals surface area (Å²) < 4.78 is 5.26. The largest absolute Gasteiger partial charge is 0.448 e. The molecule has 1 amide bonds. The third-order valence-corrected chi connectivity index (χ3v) is 5.34. The van der Waals surface area contributed by atoms with Crippen molar-refractivity contribution in [3.8, 4) is 0 Å². The van der Waals surface area contributed by atoms with E-state index in [-0.39, 0.29) is 5.91 Å². The van der Waals surface area contributed by atoms with Crippen LogP contribution < -0.4 is 5.32 Å². The predicted molar refractivity (Wildman–Crippen MR) is 96.6 cm³/mol. The van der Waals surface area contributed by atoms with Crippen molar-refractivity contribution in [1.29, 1.82) is 0 Å². The number of amides is 1. The molecule has 0 saturated heterocycles. The van der Waals surface area contributed by atoms with Crippen molar-refractivity contribution >= 4 is 34.8 Å². The molecule has 0 aliphatic carbocycles. The molecular weight excluding hydrogens is 346 g/mol. The fraction of sp³-hybridized carbons (Fsp3) is 0.333. The van der Waals surface area contributed by atoms with Gasteiger partial charge in [-0.25, -0.2) is 4.79 Å². The third-order valence-electron chi connectivity index (χ3n) is 3.61. The van der Waals surface area contributed by atoms with Crippen LogP contribution in [0.1, 0.15) is 39.5 Å². The normalized spacial score (nSPS) is 11.8. The first-order valence-electron chi connectivity index (χ1n) is 7.73. The minimum absolute atomic E-state index is 0.290. The number of carbonyl (C=O) groups is 2. The van der Waals surface area contributed by atoms with Crippen LogP contribution in [0.2, 0.25) is 5.02 Å². The second-order valence-electron chi connectivity index (χ2n) is 5.43. The van der Waals surface area contributed by atoms with Crippen molar-refractivity contribution in [3.05, 3.63) is 56.2 Å². The SMILES string of the molecule is CCc1sc(C(=O)O[C@H](C)C(=O)NCc2ccccc2Cl)cc1C. The maximum atomic E-state index is 12.2. The Balaban J connectivity index is 1.91. The zero-order chi connectivity index (χ0) is 17.7. The summed E-state index contributed by atoms with van der Waals surface area (Å²) in [5, 5.41) is 3.31. The topological polar surface area (TPSA) is 55.4 Å². The van der Waals surface area contributed by atoms with E-state index in [1.54, 1.807) is 19.1 Å². The lowest BCUT2D eigenvalue weighted by atomic mass is 10.2. The zero-order valence-electron chi connectivity index (χ0n) is 13.9. The Labute approximate surface area is 150 Å². The Bertz CT molecular complexity index is 742. The molecule has 0 saturated carbocycles. The van der Waals surface area contributed by atoms with Crippen molar-refractivity contribution in [1.82, 2.24) is 5.32 Å². The summed E-state index contributed by atoms with van der Waals surface area (Å²) in [4.78, 5) is 25.9. The van der Waals surface area contributed by atoms with Gasteiger partial charge in [0.25, 0.3) is 5.91 Å². The number of esters is 1. The molecule has 24 heavy (non-hydrogen) atoms. The van der Waals surface area contributed by atoms with Gasteiger partial charge in [0.1, 0.15) is 4.88 Å². The smallest absolute Gasteiger partial charge is 0.349 e. The van der Waals surface area contributed by atoms with Crippen molar-refractivity contribution in [2.75, 3.05) is 0 Å². The number of nitrogens with one attached hydrogen (secondary N) is 1. The van der Waals surface area contributed by atoms with Crippen molar-refractivity contribution < 1.29 is 14.3 Å². The Morgan fingerprint density at radius 3 is 2.67 bits per heavy atom. The van der Waals surface area contributed by atoms with Gasteiger partial charge in [-0.15, -0.1) is 11.3 Å². The van der Waals surface area contributed by atoms with E-state index < -0.39 is 12.1 Å². The monoisotopic (exact) mass is 365 g/mol. The number of rotatable bonds is 6. The van der Waals surface area contributed by atoms with E-state index in [0.29, 0.717) is 16.4 Å². The standard InChI is InChI=1S/C18H20ClNO3S/c1-4-15-11(2)9-16(24-15)18(22)23-12(3)17(21)20-10-13-7-5-6-8-14(13)19/h5-9,12H,4,10H2,1-3H3,(H,20,21)/t12-/m1/s1. The van der Waals surface area contributed by atoms with Crippen LogP contribution in [-0.4, -0.2) is 18.0 Å². The number of hydrogen-bond acceptors (Lipinski definition) is 4. The molecule has 1 N–H and O–H groups in total. The molecule has 0 fully saturated rings. The summed E-state index contributed by atoms with van der Waals surface area (Å²) in [5.74, 6) is -0.824. The first kappa shape index (κ1) is 18.5. The van der Waals surface area contributed by atoms with Crippen molar-refractivity contribution in [2.45, 2.75) is 39.8 Å². The summed E-state index contributed by atoms with van der Waals surface area (Å²) in [6.07, 6.45) is 0.00459. The molecule has 0 spiro atoms. The second kappa shape index (κ2) is 8.31. The van der Waals surface area contributed by atoms with Crippen LogP contribution in [0.25, 0.3) is 0 Å². The number of halogens is 1. The zero-order valence-corrected chi connectivity index (χ0v) is 15.5. The highest BCUT2D eigenvalue weighted by molar-refractivity contribution is 7.14. The van der Waals surface area contributed by atoms with Gasteiger partial charge in [-0.1, -0.05) is 36.7 Å². The lowest BCUT2D eigenvalue weighted by Gasteiger charge is -2.13. The first-order valence-corrected chi connectivity index (χ1v) is 8.93. The molecule has 2 aromatic rings. The minimum Gasteiger partial charge on any atom is -0.448 e. The predicted octanol–water partition coefficient (Wildman–Crippen LogP) is 4.13. The summed E-state index contributed by atoms with van der Waals surface area (Å²) in [7, 11) is 0. The quantitative estimate of drug-likeness (QED) is 0.783. The minimum atomic E-state index is -0.868. The fourth-order valence-corrected chi connectivity index (χ4v) is 3.41. The second-order valence-corrected chi connectivity index (χ2v) is 6.97. The molecule has 0 bridgehead atoms. The van der Waals surface area contributed by atoms with Gasteiger partial charge in [-0.3, -0.25) is 4.79 Å². The molecule has 1 atom stereocenters. The highest BCUT2D eigenvalue weighted by Crippen LogP contribution is 2.23. The van der Waals surface area contributed by atoms with Gasteiger partial charge in [-0.2, -0.15) is 0 Å². The molecule has 0 aliphatic rings. The van der Waals surface area contributed by atoms with Gasteiger partial charge in [-0.05, 0) is 43.5 Å².